The fraction of sp³-hybridized carbons (Fsp3) is 0.412. The topological polar surface area (TPSA) is 83.5 Å². The molecule has 0 spiro atoms. The third-order valence-corrected chi connectivity index (χ3v) is 3.94. The number of nitrogens with zero attached hydrogens (tertiary/aromatic N) is 1. The van der Waals surface area contributed by atoms with Gasteiger partial charge in [0, 0.05) is 24.3 Å². The number of carbonyl (C=O) groups is 1. The van der Waals surface area contributed by atoms with Gasteiger partial charge in [0.25, 0.3) is 0 Å². The number of ether oxygens (including phenoxy) is 2. The molecule has 130 valence electrons. The fourth-order valence-electron chi connectivity index (χ4n) is 2.06. The molecule has 2 aromatic rings. The molecule has 0 bridgehead atoms. The van der Waals surface area contributed by atoms with E-state index in [9.17, 15) is 9.90 Å². The fourth-order valence-corrected chi connectivity index (χ4v) is 2.77. The minimum atomic E-state index is -1.13. The Morgan fingerprint density at radius 1 is 1.29 bits per heavy atom. The predicted molar refractivity (Wildman–Crippen MR) is 91.5 cm³/mol. The summed E-state index contributed by atoms with van der Waals surface area (Å²) in [6.45, 7) is 5.77. The Morgan fingerprint density at radius 2 is 2.12 bits per heavy atom. The van der Waals surface area contributed by atoms with Crippen LogP contribution in [0.4, 0.5) is 5.13 Å². The second kappa shape index (κ2) is 9.12. The van der Waals surface area contributed by atoms with E-state index in [0.717, 1.165) is 23.5 Å². The molecule has 7 heteroatoms. The van der Waals surface area contributed by atoms with E-state index >= 15 is 0 Å². The molecule has 0 unspecified atom stereocenters. The van der Waals surface area contributed by atoms with Crippen LogP contribution >= 0.6 is 11.3 Å². The summed E-state index contributed by atoms with van der Waals surface area (Å²) in [5.74, 6) is 0.339. The summed E-state index contributed by atoms with van der Waals surface area (Å²) in [5.41, 5.74) is 1.53. The van der Waals surface area contributed by atoms with Crippen molar-refractivity contribution in [1.82, 2.24) is 4.98 Å². The van der Waals surface area contributed by atoms with Crippen LogP contribution in [0.15, 0.2) is 23.6 Å². The minimum absolute atomic E-state index is 0.171. The Morgan fingerprint density at radius 3 is 2.83 bits per heavy atom. The van der Waals surface area contributed by atoms with Crippen LogP contribution in [0, 0.1) is 0 Å². The Kier molecular flexibility index (Phi) is 6.87. The monoisotopic (exact) mass is 349 g/mol. The van der Waals surface area contributed by atoms with Crippen LogP contribution in [0.3, 0.4) is 0 Å². The van der Waals surface area contributed by atoms with E-state index in [-0.39, 0.29) is 6.42 Å². The van der Waals surface area contributed by atoms with E-state index < -0.39 is 5.97 Å². The Hall–Kier alpha value is -2.28. The number of hydrogen-bond acceptors (Lipinski definition) is 7. The number of carboxylic acids is 1. The van der Waals surface area contributed by atoms with Gasteiger partial charge in [-0.05, 0) is 31.0 Å². The predicted octanol–water partition coefficient (Wildman–Crippen LogP) is 2.24. The Balaban J connectivity index is 1.99. The average Bonchev–Trinajstić information content (AvgIpc) is 2.99. The summed E-state index contributed by atoms with van der Waals surface area (Å²) in [7, 11) is 0. The van der Waals surface area contributed by atoms with Gasteiger partial charge in [-0.3, -0.25) is 0 Å². The van der Waals surface area contributed by atoms with Crippen molar-refractivity contribution in [2.45, 2.75) is 33.2 Å². The maximum atomic E-state index is 10.6. The lowest BCUT2D eigenvalue weighted by Crippen LogP contribution is -2.24. The van der Waals surface area contributed by atoms with E-state index in [1.54, 1.807) is 5.38 Å². The van der Waals surface area contributed by atoms with Crippen molar-refractivity contribution < 1.29 is 19.4 Å². The third kappa shape index (κ3) is 5.42. The largest absolute Gasteiger partial charge is 0.550 e. The molecule has 1 aromatic carbocycles. The molecule has 0 aliphatic carbocycles. The third-order valence-electron chi connectivity index (χ3n) is 3.09. The van der Waals surface area contributed by atoms with Crippen LogP contribution in [-0.2, 0) is 17.8 Å². The second-order valence-electron chi connectivity index (χ2n) is 5.11. The lowest BCUT2D eigenvalue weighted by atomic mass is 10.2. The second-order valence-corrected chi connectivity index (χ2v) is 5.97. The molecule has 0 radical (unpaired) electrons. The molecule has 2 rings (SSSR count). The number of aromatic nitrogens is 1. The molecule has 1 heterocycles. The molecule has 0 saturated heterocycles. The number of carbonyl (C=O) groups excluding carboxylic acids is 1. The van der Waals surface area contributed by atoms with Crippen molar-refractivity contribution >= 4 is 22.4 Å². The van der Waals surface area contributed by atoms with Gasteiger partial charge in [0.1, 0.15) is 0 Å². The zero-order valence-electron chi connectivity index (χ0n) is 13.8. The summed E-state index contributed by atoms with van der Waals surface area (Å²) in [5, 5.41) is 16.1. The maximum absolute atomic E-state index is 10.6. The number of hydrogen-bond donors (Lipinski definition) is 1. The molecule has 0 aliphatic heterocycles. The van der Waals surface area contributed by atoms with Gasteiger partial charge in [0.15, 0.2) is 16.6 Å². The van der Waals surface area contributed by atoms with Crippen LogP contribution in [-0.4, -0.2) is 24.2 Å². The van der Waals surface area contributed by atoms with E-state index in [4.69, 9.17) is 9.47 Å². The number of rotatable bonds is 10. The van der Waals surface area contributed by atoms with Gasteiger partial charge in [-0.15, -0.1) is 11.3 Å². The first kappa shape index (κ1) is 18.1. The molecular weight excluding hydrogens is 328 g/mol. The number of nitrogens with one attached hydrogen (secondary N) is 1. The van der Waals surface area contributed by atoms with Crippen LogP contribution in [0.25, 0.3) is 0 Å². The molecule has 0 amide bonds. The summed E-state index contributed by atoms with van der Waals surface area (Å²) in [6.07, 6.45) is 0.767. The smallest absolute Gasteiger partial charge is 0.183 e. The molecule has 1 N–H and O–H groups in total. The minimum Gasteiger partial charge on any atom is -0.550 e. The number of benzene rings is 1. The lowest BCUT2D eigenvalue weighted by Gasteiger charge is -2.13. The normalized spacial score (nSPS) is 10.4. The highest BCUT2D eigenvalue weighted by molar-refractivity contribution is 7.13. The highest BCUT2D eigenvalue weighted by Gasteiger charge is 2.07. The molecule has 24 heavy (non-hydrogen) atoms. The van der Waals surface area contributed by atoms with Crippen LogP contribution in [0.5, 0.6) is 11.5 Å². The van der Waals surface area contributed by atoms with E-state index in [1.165, 1.54) is 11.3 Å². The first-order valence-corrected chi connectivity index (χ1v) is 8.77. The van der Waals surface area contributed by atoms with Gasteiger partial charge in [-0.1, -0.05) is 13.0 Å². The quantitative estimate of drug-likeness (QED) is 0.708. The van der Waals surface area contributed by atoms with Gasteiger partial charge in [-0.2, -0.15) is 0 Å². The summed E-state index contributed by atoms with van der Waals surface area (Å²) >= 11 is 1.37. The first-order valence-electron chi connectivity index (χ1n) is 7.89. The zero-order valence-corrected chi connectivity index (χ0v) is 14.6. The highest BCUT2D eigenvalue weighted by atomic mass is 32.1. The molecule has 0 saturated carbocycles. The van der Waals surface area contributed by atoms with Crippen molar-refractivity contribution in [2.75, 3.05) is 18.5 Å². The van der Waals surface area contributed by atoms with Gasteiger partial charge in [0.2, 0.25) is 0 Å². The van der Waals surface area contributed by atoms with Crippen LogP contribution in [0.2, 0.25) is 0 Å². The number of thiazole rings is 1. The van der Waals surface area contributed by atoms with Crippen molar-refractivity contribution in [3.05, 3.63) is 34.8 Å². The summed E-state index contributed by atoms with van der Waals surface area (Å²) in [4.78, 5) is 14.8. The van der Waals surface area contributed by atoms with Gasteiger partial charge in [-0.25, -0.2) is 4.98 Å². The van der Waals surface area contributed by atoms with E-state index in [2.05, 4.69) is 17.2 Å². The maximum Gasteiger partial charge on any atom is 0.183 e. The van der Waals surface area contributed by atoms with Gasteiger partial charge < -0.3 is 24.7 Å². The van der Waals surface area contributed by atoms with Gasteiger partial charge >= 0.3 is 0 Å². The van der Waals surface area contributed by atoms with Crippen molar-refractivity contribution in [2.24, 2.45) is 0 Å². The summed E-state index contributed by atoms with van der Waals surface area (Å²) < 4.78 is 11.3. The molecule has 0 atom stereocenters. The average molecular weight is 349 g/mol. The number of anilines is 1. The van der Waals surface area contributed by atoms with Crippen molar-refractivity contribution in [3.63, 3.8) is 0 Å². The molecule has 1 aromatic heterocycles. The molecular formula is C17H21N2O4S-. The standard InChI is InChI=1S/C17H22N2O4S/c1-3-7-23-14-6-5-12(8-15(14)22-4-2)10-18-17-19-13(11-24-17)9-16(20)21/h5-6,8,11H,3-4,7,9-10H2,1-2H3,(H,18,19)(H,20,21)/p-1. The number of carboxylic acid groups (broad SMARTS) is 1. The molecule has 0 aliphatic rings. The van der Waals surface area contributed by atoms with Crippen LogP contribution < -0.4 is 19.9 Å². The lowest BCUT2D eigenvalue weighted by molar-refractivity contribution is -0.304. The van der Waals surface area contributed by atoms with Crippen molar-refractivity contribution in [1.29, 1.82) is 0 Å². The number of aliphatic carboxylic acids is 1. The summed E-state index contributed by atoms with van der Waals surface area (Å²) in [6, 6.07) is 5.81. The van der Waals surface area contributed by atoms with Crippen molar-refractivity contribution in [3.8, 4) is 11.5 Å². The van der Waals surface area contributed by atoms with E-state index in [0.29, 0.717) is 30.6 Å². The molecule has 6 nitrogen and oxygen atoms in total. The Bertz CT molecular complexity index is 672. The van der Waals surface area contributed by atoms with Gasteiger partial charge in [0.05, 0.1) is 18.9 Å². The molecule has 0 fully saturated rings. The zero-order chi connectivity index (χ0) is 17.4. The Labute approximate surface area is 145 Å². The SMILES string of the molecule is CCCOc1ccc(CNc2nc(CC(=O)[O-])cs2)cc1OCC. The first-order chi connectivity index (χ1) is 11.6. The highest BCUT2D eigenvalue weighted by Crippen LogP contribution is 2.29. The van der Waals surface area contributed by atoms with Crippen LogP contribution in [0.1, 0.15) is 31.5 Å². The van der Waals surface area contributed by atoms with E-state index in [1.807, 2.05) is 25.1 Å².